The Hall–Kier alpha value is -2.25. The summed E-state index contributed by atoms with van der Waals surface area (Å²) in [5, 5.41) is 12.5. The van der Waals surface area contributed by atoms with Crippen LogP contribution in [0.25, 0.3) is 0 Å². The van der Waals surface area contributed by atoms with Crippen molar-refractivity contribution in [2.45, 2.75) is 13.5 Å². The molecule has 0 radical (unpaired) electrons. The predicted octanol–water partition coefficient (Wildman–Crippen LogP) is 4.28. The zero-order chi connectivity index (χ0) is 15.4. The number of rotatable bonds is 4. The number of hydrogen-bond donors (Lipinski definition) is 1. The third-order valence-corrected chi connectivity index (χ3v) is 3.54. The average molecular weight is 305 g/mol. The van der Waals surface area contributed by atoms with Gasteiger partial charge < -0.3 is 10.1 Å². The second kappa shape index (κ2) is 6.47. The third-order valence-electron chi connectivity index (χ3n) is 3.13. The summed E-state index contributed by atoms with van der Waals surface area (Å²) in [7, 11) is 1.55. The standard InChI is InChI=1S/C16H14ClFN2O/c1-10-5-15(16(21-2)7-13(10)17)20-9-12-4-3-11(8-19)6-14(12)18/h3-7,20H,9H2,1-2H3. The van der Waals surface area contributed by atoms with Crippen LogP contribution in [0.4, 0.5) is 10.1 Å². The lowest BCUT2D eigenvalue weighted by Gasteiger charge is -2.13. The van der Waals surface area contributed by atoms with E-state index in [9.17, 15) is 4.39 Å². The van der Waals surface area contributed by atoms with Crippen LogP contribution in [-0.4, -0.2) is 7.11 Å². The second-order valence-corrected chi connectivity index (χ2v) is 4.98. The zero-order valence-electron chi connectivity index (χ0n) is 11.7. The van der Waals surface area contributed by atoms with Gasteiger partial charge in [-0.1, -0.05) is 17.7 Å². The van der Waals surface area contributed by atoms with Crippen LogP contribution in [0, 0.1) is 24.1 Å². The summed E-state index contributed by atoms with van der Waals surface area (Å²) < 4.78 is 19.1. The molecule has 0 aliphatic rings. The Bertz CT molecular complexity index is 710. The van der Waals surface area contributed by atoms with E-state index >= 15 is 0 Å². The number of halogens is 2. The van der Waals surface area contributed by atoms with Crippen LogP contribution in [0.3, 0.4) is 0 Å². The maximum Gasteiger partial charge on any atom is 0.143 e. The Morgan fingerprint density at radius 1 is 1.33 bits per heavy atom. The van der Waals surface area contributed by atoms with Crippen molar-refractivity contribution in [1.82, 2.24) is 0 Å². The van der Waals surface area contributed by atoms with Gasteiger partial charge >= 0.3 is 0 Å². The quantitative estimate of drug-likeness (QED) is 0.917. The average Bonchev–Trinajstić information content (AvgIpc) is 2.48. The van der Waals surface area contributed by atoms with Crippen LogP contribution >= 0.6 is 11.6 Å². The molecule has 2 rings (SSSR count). The smallest absolute Gasteiger partial charge is 0.143 e. The summed E-state index contributed by atoms with van der Waals surface area (Å²) in [6.45, 7) is 2.17. The van der Waals surface area contributed by atoms with Crippen molar-refractivity contribution < 1.29 is 9.13 Å². The lowest BCUT2D eigenvalue weighted by molar-refractivity contribution is 0.416. The van der Waals surface area contributed by atoms with Crippen LogP contribution < -0.4 is 10.1 Å². The fourth-order valence-corrected chi connectivity index (χ4v) is 2.07. The molecule has 0 amide bonds. The SMILES string of the molecule is COc1cc(Cl)c(C)cc1NCc1ccc(C#N)cc1F. The lowest BCUT2D eigenvalue weighted by atomic mass is 10.1. The van der Waals surface area contributed by atoms with Crippen molar-refractivity contribution in [3.8, 4) is 11.8 Å². The monoisotopic (exact) mass is 304 g/mol. The highest BCUT2D eigenvalue weighted by Gasteiger charge is 2.08. The third kappa shape index (κ3) is 3.45. The van der Waals surface area contributed by atoms with E-state index in [0.717, 1.165) is 11.3 Å². The number of nitrogens with one attached hydrogen (secondary N) is 1. The fourth-order valence-electron chi connectivity index (χ4n) is 1.92. The first-order valence-corrected chi connectivity index (χ1v) is 6.69. The predicted molar refractivity (Wildman–Crippen MR) is 81.2 cm³/mol. The lowest BCUT2D eigenvalue weighted by Crippen LogP contribution is -2.04. The van der Waals surface area contributed by atoms with E-state index in [1.807, 2.05) is 19.1 Å². The van der Waals surface area contributed by atoms with E-state index < -0.39 is 5.82 Å². The Labute approximate surface area is 127 Å². The molecule has 2 aromatic carbocycles. The molecule has 0 aliphatic carbocycles. The topological polar surface area (TPSA) is 45.0 Å². The molecule has 0 atom stereocenters. The largest absolute Gasteiger partial charge is 0.495 e. The number of ether oxygens (including phenoxy) is 1. The van der Waals surface area contributed by atoms with Gasteiger partial charge in [0.2, 0.25) is 0 Å². The van der Waals surface area contributed by atoms with Gasteiger partial charge in [0.1, 0.15) is 11.6 Å². The van der Waals surface area contributed by atoms with E-state index in [1.54, 1.807) is 25.3 Å². The first kappa shape index (κ1) is 15.1. The van der Waals surface area contributed by atoms with Crippen molar-refractivity contribution in [3.63, 3.8) is 0 Å². The minimum Gasteiger partial charge on any atom is -0.495 e. The molecule has 3 nitrogen and oxygen atoms in total. The maximum absolute atomic E-state index is 13.8. The molecule has 2 aromatic rings. The molecule has 1 N–H and O–H groups in total. The minimum absolute atomic E-state index is 0.287. The van der Waals surface area contributed by atoms with Gasteiger partial charge in [0, 0.05) is 23.2 Å². The molecule has 21 heavy (non-hydrogen) atoms. The molecule has 0 spiro atoms. The summed E-state index contributed by atoms with van der Waals surface area (Å²) in [4.78, 5) is 0. The first-order chi connectivity index (χ1) is 10.0. The van der Waals surface area contributed by atoms with E-state index in [0.29, 0.717) is 21.9 Å². The molecular weight excluding hydrogens is 291 g/mol. The Balaban J connectivity index is 2.20. The normalized spacial score (nSPS) is 10.0. The fraction of sp³-hybridized carbons (Fsp3) is 0.188. The van der Waals surface area contributed by atoms with Gasteiger partial charge in [0.25, 0.3) is 0 Å². The van der Waals surface area contributed by atoms with Crippen LogP contribution in [-0.2, 0) is 6.54 Å². The van der Waals surface area contributed by atoms with Gasteiger partial charge in [-0.2, -0.15) is 5.26 Å². The van der Waals surface area contributed by atoms with Gasteiger partial charge in [-0.15, -0.1) is 0 Å². The molecular formula is C16H14ClFN2O. The number of methoxy groups -OCH3 is 1. The molecule has 0 aromatic heterocycles. The molecule has 0 saturated carbocycles. The highest BCUT2D eigenvalue weighted by atomic mass is 35.5. The van der Waals surface area contributed by atoms with Gasteiger partial charge in [-0.05, 0) is 30.7 Å². The molecule has 5 heteroatoms. The number of anilines is 1. The number of benzene rings is 2. The Morgan fingerprint density at radius 2 is 2.10 bits per heavy atom. The summed E-state index contributed by atoms with van der Waals surface area (Å²) in [6.07, 6.45) is 0. The summed E-state index contributed by atoms with van der Waals surface area (Å²) in [5.41, 5.74) is 2.42. The summed E-state index contributed by atoms with van der Waals surface area (Å²) >= 11 is 6.04. The van der Waals surface area contributed by atoms with Crippen LogP contribution in [0.5, 0.6) is 5.75 Å². The summed E-state index contributed by atoms with van der Waals surface area (Å²) in [5.74, 6) is 0.186. The minimum atomic E-state index is -0.411. The number of nitriles is 1. The highest BCUT2D eigenvalue weighted by Crippen LogP contribution is 2.31. The number of nitrogens with zero attached hydrogens (tertiary/aromatic N) is 1. The van der Waals surface area contributed by atoms with Crippen molar-refractivity contribution in [2.75, 3.05) is 12.4 Å². The Morgan fingerprint density at radius 3 is 2.71 bits per heavy atom. The van der Waals surface area contributed by atoms with Crippen molar-refractivity contribution >= 4 is 17.3 Å². The van der Waals surface area contributed by atoms with Crippen molar-refractivity contribution in [1.29, 1.82) is 5.26 Å². The second-order valence-electron chi connectivity index (χ2n) is 4.57. The van der Waals surface area contributed by atoms with E-state index in [4.69, 9.17) is 21.6 Å². The molecule has 0 heterocycles. The van der Waals surface area contributed by atoms with E-state index in [1.165, 1.54) is 6.07 Å². The number of aryl methyl sites for hydroxylation is 1. The van der Waals surface area contributed by atoms with Gasteiger partial charge in [0.05, 0.1) is 24.4 Å². The van der Waals surface area contributed by atoms with Gasteiger partial charge in [-0.3, -0.25) is 0 Å². The Kier molecular flexibility index (Phi) is 4.66. The van der Waals surface area contributed by atoms with Gasteiger partial charge in [0.15, 0.2) is 0 Å². The molecule has 0 unspecified atom stereocenters. The molecule has 108 valence electrons. The maximum atomic E-state index is 13.8. The van der Waals surface area contributed by atoms with E-state index in [-0.39, 0.29) is 6.54 Å². The molecule has 0 fully saturated rings. The van der Waals surface area contributed by atoms with Crippen LogP contribution in [0.1, 0.15) is 16.7 Å². The molecule has 0 saturated heterocycles. The zero-order valence-corrected chi connectivity index (χ0v) is 12.5. The van der Waals surface area contributed by atoms with Crippen molar-refractivity contribution in [3.05, 3.63) is 57.9 Å². The summed E-state index contributed by atoms with van der Waals surface area (Å²) in [6, 6.07) is 9.88. The molecule has 0 aliphatic heterocycles. The van der Waals surface area contributed by atoms with E-state index in [2.05, 4.69) is 5.32 Å². The first-order valence-electron chi connectivity index (χ1n) is 6.31. The van der Waals surface area contributed by atoms with Crippen molar-refractivity contribution in [2.24, 2.45) is 0 Å². The van der Waals surface area contributed by atoms with Gasteiger partial charge in [-0.25, -0.2) is 4.39 Å². The van der Waals surface area contributed by atoms with Crippen LogP contribution in [0.2, 0.25) is 5.02 Å². The van der Waals surface area contributed by atoms with Crippen LogP contribution in [0.15, 0.2) is 30.3 Å². The molecule has 0 bridgehead atoms. The number of hydrogen-bond acceptors (Lipinski definition) is 3. The highest BCUT2D eigenvalue weighted by molar-refractivity contribution is 6.31.